The van der Waals surface area contributed by atoms with E-state index in [1.54, 1.807) is 0 Å². The highest BCUT2D eigenvalue weighted by Gasteiger charge is 2.33. The van der Waals surface area contributed by atoms with Crippen molar-refractivity contribution in [3.8, 4) is 0 Å². The third kappa shape index (κ3) is 4.36. The van der Waals surface area contributed by atoms with Gasteiger partial charge in [-0.2, -0.15) is 5.10 Å². The van der Waals surface area contributed by atoms with Crippen molar-refractivity contribution < 1.29 is 9.53 Å². The van der Waals surface area contributed by atoms with E-state index < -0.39 is 0 Å². The molecule has 0 aromatic carbocycles. The number of pyridine rings is 1. The number of piperidine rings is 1. The summed E-state index contributed by atoms with van der Waals surface area (Å²) in [6.07, 6.45) is 7.54. The molecule has 0 unspecified atom stereocenters. The number of rotatable bonds is 5. The van der Waals surface area contributed by atoms with E-state index in [4.69, 9.17) is 4.74 Å². The lowest BCUT2D eigenvalue weighted by atomic mass is 9.98. The zero-order valence-electron chi connectivity index (χ0n) is 17.6. The van der Waals surface area contributed by atoms with Crippen molar-refractivity contribution in [2.75, 3.05) is 26.7 Å². The predicted octanol–water partition coefficient (Wildman–Crippen LogP) is 2.61. The molecule has 1 amide bonds. The molecule has 1 saturated heterocycles. The fourth-order valence-corrected chi connectivity index (χ4v) is 4.55. The molecule has 29 heavy (non-hydrogen) atoms. The number of amides is 1. The quantitative estimate of drug-likeness (QED) is 0.839. The summed E-state index contributed by atoms with van der Waals surface area (Å²) < 4.78 is 5.84. The largest absolute Gasteiger partial charge is 0.369 e. The van der Waals surface area contributed by atoms with Gasteiger partial charge in [-0.3, -0.25) is 14.9 Å². The van der Waals surface area contributed by atoms with Crippen molar-refractivity contribution in [1.29, 1.82) is 0 Å². The molecular weight excluding hydrogens is 366 g/mol. The van der Waals surface area contributed by atoms with Gasteiger partial charge >= 0.3 is 0 Å². The molecule has 156 valence electrons. The van der Waals surface area contributed by atoms with E-state index in [9.17, 15) is 4.79 Å². The van der Waals surface area contributed by atoms with Crippen molar-refractivity contribution in [2.45, 2.75) is 57.8 Å². The van der Waals surface area contributed by atoms with E-state index in [1.807, 2.05) is 38.2 Å². The van der Waals surface area contributed by atoms with Crippen LogP contribution in [0.1, 0.15) is 60.1 Å². The first kappa shape index (κ1) is 20.0. The van der Waals surface area contributed by atoms with E-state index >= 15 is 0 Å². The first-order valence-corrected chi connectivity index (χ1v) is 10.6. The van der Waals surface area contributed by atoms with Crippen LogP contribution in [0.5, 0.6) is 0 Å². The van der Waals surface area contributed by atoms with Gasteiger partial charge < -0.3 is 14.5 Å². The number of aromatic nitrogens is 3. The van der Waals surface area contributed by atoms with Gasteiger partial charge in [0.05, 0.1) is 17.9 Å². The minimum atomic E-state index is -0.0447. The number of H-pyrrole nitrogens is 1. The molecule has 2 aliphatic rings. The van der Waals surface area contributed by atoms with Crippen LogP contribution < -0.4 is 0 Å². The number of likely N-dealkylation sites (tertiary alicyclic amines) is 1. The van der Waals surface area contributed by atoms with Gasteiger partial charge in [-0.1, -0.05) is 0 Å². The first-order chi connectivity index (χ1) is 14.0. The number of fused-ring (bicyclic) bond motifs is 1. The zero-order chi connectivity index (χ0) is 20.4. The van der Waals surface area contributed by atoms with Crippen molar-refractivity contribution in [2.24, 2.45) is 0 Å². The predicted molar refractivity (Wildman–Crippen MR) is 111 cm³/mol. The van der Waals surface area contributed by atoms with Crippen LogP contribution in [0.4, 0.5) is 0 Å². The second-order valence-electron chi connectivity index (χ2n) is 8.35. The Morgan fingerprint density at radius 3 is 2.72 bits per heavy atom. The number of carbonyl (C=O) groups excluding carboxylic acids is 1. The first-order valence-electron chi connectivity index (χ1n) is 10.6. The molecule has 7 nitrogen and oxygen atoms in total. The molecule has 4 rings (SSSR count). The van der Waals surface area contributed by atoms with Crippen LogP contribution in [0, 0.1) is 0 Å². The van der Waals surface area contributed by atoms with Gasteiger partial charge in [0.1, 0.15) is 0 Å². The summed E-state index contributed by atoms with van der Waals surface area (Å²) in [5, 5.41) is 7.40. The smallest absolute Gasteiger partial charge is 0.274 e. The minimum absolute atomic E-state index is 0.0269. The summed E-state index contributed by atoms with van der Waals surface area (Å²) in [7, 11) is 1.92. The van der Waals surface area contributed by atoms with Gasteiger partial charge in [-0.05, 0) is 50.8 Å². The number of ether oxygens (including phenoxy) is 1. The Bertz CT molecular complexity index is 829. The standard InChI is InChI=1S/C22H31N5O2/c1-15-14-19-20(16(2)29-15)24-25-21(19)22(28)26(3)18-7-12-27(13-8-18)11-6-17-4-9-23-10-5-17/h4-5,9-10,15-16,18H,6-8,11-14H2,1-3H3,(H,24,25)/t15-,16+/m1/s1. The maximum absolute atomic E-state index is 13.2. The molecular formula is C22H31N5O2. The maximum Gasteiger partial charge on any atom is 0.274 e. The lowest BCUT2D eigenvalue weighted by Crippen LogP contribution is -2.46. The SMILES string of the molecule is C[C@@H]1Cc2c(C(=O)N(C)C3CCN(CCc4ccncc4)CC3)n[nH]c2[C@H](C)O1. The molecule has 2 aromatic heterocycles. The zero-order valence-corrected chi connectivity index (χ0v) is 17.6. The van der Waals surface area contributed by atoms with E-state index in [1.165, 1.54) is 5.56 Å². The highest BCUT2D eigenvalue weighted by Crippen LogP contribution is 2.31. The highest BCUT2D eigenvalue weighted by molar-refractivity contribution is 5.94. The average molecular weight is 398 g/mol. The number of aromatic amines is 1. The summed E-state index contributed by atoms with van der Waals surface area (Å²) >= 11 is 0. The number of nitrogens with one attached hydrogen (secondary N) is 1. The van der Waals surface area contributed by atoms with Gasteiger partial charge in [-0.15, -0.1) is 0 Å². The second-order valence-corrected chi connectivity index (χ2v) is 8.35. The fourth-order valence-electron chi connectivity index (χ4n) is 4.55. The van der Waals surface area contributed by atoms with Crippen molar-refractivity contribution in [3.63, 3.8) is 0 Å². The third-order valence-corrected chi connectivity index (χ3v) is 6.33. The summed E-state index contributed by atoms with van der Waals surface area (Å²) in [6.45, 7) is 7.15. The molecule has 2 atom stereocenters. The molecule has 1 fully saturated rings. The van der Waals surface area contributed by atoms with Crippen molar-refractivity contribution >= 4 is 5.91 Å². The van der Waals surface area contributed by atoms with Gasteiger partial charge in [-0.25, -0.2) is 0 Å². The van der Waals surface area contributed by atoms with Gasteiger partial charge in [0.15, 0.2) is 5.69 Å². The molecule has 4 heterocycles. The molecule has 0 bridgehead atoms. The van der Waals surface area contributed by atoms with Crippen LogP contribution in [-0.2, 0) is 17.6 Å². The third-order valence-electron chi connectivity index (χ3n) is 6.33. The van der Waals surface area contributed by atoms with Crippen molar-refractivity contribution in [1.82, 2.24) is 25.0 Å². The molecule has 0 spiro atoms. The molecule has 2 aliphatic heterocycles. The van der Waals surface area contributed by atoms with Crippen LogP contribution in [-0.4, -0.2) is 69.7 Å². The molecule has 0 saturated carbocycles. The summed E-state index contributed by atoms with van der Waals surface area (Å²) in [5.74, 6) is 0.0269. The minimum Gasteiger partial charge on any atom is -0.369 e. The number of hydrogen-bond donors (Lipinski definition) is 1. The lowest BCUT2D eigenvalue weighted by Gasteiger charge is -2.36. The molecule has 2 aromatic rings. The molecule has 1 N–H and O–H groups in total. The Morgan fingerprint density at radius 2 is 2.00 bits per heavy atom. The van der Waals surface area contributed by atoms with Gasteiger partial charge in [0, 0.05) is 57.1 Å². The second kappa shape index (κ2) is 8.63. The van der Waals surface area contributed by atoms with E-state index in [-0.39, 0.29) is 24.2 Å². The lowest BCUT2D eigenvalue weighted by molar-refractivity contribution is -0.00703. The van der Waals surface area contributed by atoms with E-state index in [2.05, 4.69) is 32.2 Å². The number of carbonyl (C=O) groups is 1. The monoisotopic (exact) mass is 397 g/mol. The average Bonchev–Trinajstić information content (AvgIpc) is 3.16. The van der Waals surface area contributed by atoms with E-state index in [0.717, 1.165) is 56.6 Å². The Morgan fingerprint density at radius 1 is 1.28 bits per heavy atom. The van der Waals surface area contributed by atoms with Crippen LogP contribution in [0.2, 0.25) is 0 Å². The van der Waals surface area contributed by atoms with E-state index in [0.29, 0.717) is 5.69 Å². The van der Waals surface area contributed by atoms with Crippen LogP contribution >= 0.6 is 0 Å². The number of hydrogen-bond acceptors (Lipinski definition) is 5. The molecule has 0 aliphatic carbocycles. The fraction of sp³-hybridized carbons (Fsp3) is 0.591. The summed E-state index contributed by atoms with van der Waals surface area (Å²) in [6, 6.07) is 4.43. The van der Waals surface area contributed by atoms with Crippen LogP contribution in [0.3, 0.4) is 0 Å². The van der Waals surface area contributed by atoms with Crippen LogP contribution in [0.15, 0.2) is 24.5 Å². The summed E-state index contributed by atoms with van der Waals surface area (Å²) in [5.41, 5.74) is 3.88. The Labute approximate surface area is 172 Å². The Hall–Kier alpha value is -2.25. The van der Waals surface area contributed by atoms with Gasteiger partial charge in [0.25, 0.3) is 5.91 Å². The number of nitrogens with zero attached hydrogens (tertiary/aromatic N) is 4. The molecule has 7 heteroatoms. The maximum atomic E-state index is 13.2. The van der Waals surface area contributed by atoms with Crippen LogP contribution in [0.25, 0.3) is 0 Å². The summed E-state index contributed by atoms with van der Waals surface area (Å²) in [4.78, 5) is 21.6. The Balaban J connectivity index is 1.33. The van der Waals surface area contributed by atoms with Gasteiger partial charge in [0.2, 0.25) is 0 Å². The Kier molecular flexibility index (Phi) is 5.96. The normalized spacial score (nSPS) is 23.0. The topological polar surface area (TPSA) is 74.4 Å². The highest BCUT2D eigenvalue weighted by atomic mass is 16.5. The van der Waals surface area contributed by atoms with Crippen molar-refractivity contribution in [3.05, 3.63) is 47.0 Å². The molecule has 0 radical (unpaired) electrons.